The van der Waals surface area contributed by atoms with Crippen LogP contribution in [0.25, 0.3) is 0 Å². The van der Waals surface area contributed by atoms with Crippen LogP contribution in [0.1, 0.15) is 39.0 Å². The minimum absolute atomic E-state index is 0.0952. The summed E-state index contributed by atoms with van der Waals surface area (Å²) in [5, 5.41) is 0. The Bertz CT molecular complexity index is 223. The molecule has 0 heterocycles. The molecule has 1 aliphatic rings. The van der Waals surface area contributed by atoms with E-state index in [1.807, 2.05) is 6.92 Å². The van der Waals surface area contributed by atoms with Gasteiger partial charge < -0.3 is 4.74 Å². The van der Waals surface area contributed by atoms with Crippen LogP contribution in [0.2, 0.25) is 0 Å². The summed E-state index contributed by atoms with van der Waals surface area (Å²) in [6, 6.07) is 0. The van der Waals surface area contributed by atoms with E-state index in [9.17, 15) is 9.59 Å². The number of esters is 1. The van der Waals surface area contributed by atoms with Crippen molar-refractivity contribution in [1.29, 1.82) is 0 Å². The zero-order valence-corrected chi connectivity index (χ0v) is 8.91. The lowest BCUT2D eigenvalue weighted by molar-refractivity contribution is -0.145. The molecule has 1 rings (SSSR count). The molecule has 0 N–H and O–H groups in total. The third-order valence-electron chi connectivity index (χ3n) is 2.92. The van der Waals surface area contributed by atoms with E-state index in [2.05, 4.69) is 4.74 Å². The summed E-state index contributed by atoms with van der Waals surface area (Å²) in [5.41, 5.74) is 0. The molecule has 0 amide bonds. The molecule has 0 saturated heterocycles. The summed E-state index contributed by atoms with van der Waals surface area (Å²) in [6.07, 6.45) is 4.43. The first-order chi connectivity index (χ1) is 6.65. The number of Topliss-reactive ketones (excluding diaryl/α,β-unsaturated/α-hetero) is 1. The minimum Gasteiger partial charge on any atom is -0.469 e. The highest BCUT2D eigenvalue weighted by Gasteiger charge is 2.26. The standard InChI is InChI=1S/C11H18O3/c1-8(11(13)14-2)7-9-5-3-4-6-10(9)12/h8-9H,3-7H2,1-2H3/t8-,9+/m1/s1. The SMILES string of the molecule is COC(=O)[C@H](C)C[C@@H]1CCCCC1=O. The molecule has 2 atom stereocenters. The Morgan fingerprint density at radius 2 is 2.29 bits per heavy atom. The van der Waals surface area contributed by atoms with Gasteiger partial charge in [0.25, 0.3) is 0 Å². The summed E-state index contributed by atoms with van der Waals surface area (Å²) in [6.45, 7) is 1.83. The van der Waals surface area contributed by atoms with Gasteiger partial charge in [0.05, 0.1) is 13.0 Å². The zero-order chi connectivity index (χ0) is 10.6. The minimum atomic E-state index is -0.205. The van der Waals surface area contributed by atoms with Crippen molar-refractivity contribution in [2.24, 2.45) is 11.8 Å². The number of methoxy groups -OCH3 is 1. The summed E-state index contributed by atoms with van der Waals surface area (Å²) in [4.78, 5) is 22.6. The Labute approximate surface area is 84.8 Å². The van der Waals surface area contributed by atoms with Crippen LogP contribution >= 0.6 is 0 Å². The molecule has 0 aromatic heterocycles. The fourth-order valence-corrected chi connectivity index (χ4v) is 2.03. The summed E-state index contributed by atoms with van der Waals surface area (Å²) in [7, 11) is 1.39. The largest absolute Gasteiger partial charge is 0.469 e. The zero-order valence-electron chi connectivity index (χ0n) is 8.91. The van der Waals surface area contributed by atoms with Gasteiger partial charge in [-0.3, -0.25) is 9.59 Å². The summed E-state index contributed by atoms with van der Waals surface area (Å²) >= 11 is 0. The van der Waals surface area contributed by atoms with Crippen molar-refractivity contribution in [3.8, 4) is 0 Å². The van der Waals surface area contributed by atoms with Gasteiger partial charge in [0, 0.05) is 12.3 Å². The molecule has 0 spiro atoms. The second kappa shape index (κ2) is 5.13. The molecule has 3 nitrogen and oxygen atoms in total. The Morgan fingerprint density at radius 3 is 2.86 bits per heavy atom. The van der Waals surface area contributed by atoms with Crippen LogP contribution in [0.5, 0.6) is 0 Å². The van der Waals surface area contributed by atoms with E-state index in [-0.39, 0.29) is 17.8 Å². The first-order valence-corrected chi connectivity index (χ1v) is 5.25. The van der Waals surface area contributed by atoms with Crippen molar-refractivity contribution in [1.82, 2.24) is 0 Å². The number of hydrogen-bond acceptors (Lipinski definition) is 3. The summed E-state index contributed by atoms with van der Waals surface area (Å²) in [5.74, 6) is 0.0697. The molecule has 0 aromatic rings. The van der Waals surface area contributed by atoms with Crippen LogP contribution in [0.4, 0.5) is 0 Å². The van der Waals surface area contributed by atoms with E-state index in [0.29, 0.717) is 18.6 Å². The van der Waals surface area contributed by atoms with Crippen molar-refractivity contribution >= 4 is 11.8 Å². The molecule has 0 aromatic carbocycles. The van der Waals surface area contributed by atoms with Crippen LogP contribution < -0.4 is 0 Å². The smallest absolute Gasteiger partial charge is 0.308 e. The highest BCUT2D eigenvalue weighted by Crippen LogP contribution is 2.26. The monoisotopic (exact) mass is 198 g/mol. The molecule has 0 radical (unpaired) electrons. The van der Waals surface area contributed by atoms with Gasteiger partial charge in [0.1, 0.15) is 5.78 Å². The van der Waals surface area contributed by atoms with E-state index in [1.165, 1.54) is 7.11 Å². The number of rotatable bonds is 3. The van der Waals surface area contributed by atoms with Crippen LogP contribution in [0.15, 0.2) is 0 Å². The van der Waals surface area contributed by atoms with Gasteiger partial charge in [0.15, 0.2) is 0 Å². The molecule has 1 saturated carbocycles. The number of carbonyl (C=O) groups is 2. The van der Waals surface area contributed by atoms with E-state index in [4.69, 9.17) is 0 Å². The first kappa shape index (κ1) is 11.2. The molecule has 0 aliphatic heterocycles. The summed E-state index contributed by atoms with van der Waals surface area (Å²) < 4.78 is 4.64. The molecule has 1 fully saturated rings. The lowest BCUT2D eigenvalue weighted by Crippen LogP contribution is -2.24. The predicted octanol–water partition coefficient (Wildman–Crippen LogP) is 1.94. The molecule has 80 valence electrons. The maximum Gasteiger partial charge on any atom is 0.308 e. The Kier molecular flexibility index (Phi) is 4.11. The number of hydrogen-bond donors (Lipinski definition) is 0. The van der Waals surface area contributed by atoms with Gasteiger partial charge in [-0.1, -0.05) is 13.3 Å². The van der Waals surface area contributed by atoms with Crippen LogP contribution in [-0.4, -0.2) is 18.9 Å². The molecule has 14 heavy (non-hydrogen) atoms. The number of ether oxygens (including phenoxy) is 1. The van der Waals surface area contributed by atoms with Crippen molar-refractivity contribution in [3.05, 3.63) is 0 Å². The number of carbonyl (C=O) groups excluding carboxylic acids is 2. The average Bonchev–Trinajstić information content (AvgIpc) is 2.20. The van der Waals surface area contributed by atoms with Crippen LogP contribution in [-0.2, 0) is 14.3 Å². The molecular weight excluding hydrogens is 180 g/mol. The second-order valence-corrected chi connectivity index (χ2v) is 4.07. The van der Waals surface area contributed by atoms with Gasteiger partial charge in [-0.2, -0.15) is 0 Å². The second-order valence-electron chi connectivity index (χ2n) is 4.07. The van der Waals surface area contributed by atoms with E-state index >= 15 is 0 Å². The van der Waals surface area contributed by atoms with Crippen molar-refractivity contribution < 1.29 is 14.3 Å². The highest BCUT2D eigenvalue weighted by molar-refractivity contribution is 5.82. The third kappa shape index (κ3) is 2.82. The molecule has 0 bridgehead atoms. The van der Waals surface area contributed by atoms with Gasteiger partial charge in [-0.05, 0) is 19.3 Å². The van der Waals surface area contributed by atoms with Crippen LogP contribution in [0.3, 0.4) is 0 Å². The Hall–Kier alpha value is -0.860. The van der Waals surface area contributed by atoms with Gasteiger partial charge in [-0.15, -0.1) is 0 Å². The lowest BCUT2D eigenvalue weighted by atomic mass is 9.82. The molecule has 3 heteroatoms. The average molecular weight is 198 g/mol. The highest BCUT2D eigenvalue weighted by atomic mass is 16.5. The lowest BCUT2D eigenvalue weighted by Gasteiger charge is -2.22. The first-order valence-electron chi connectivity index (χ1n) is 5.25. The fourth-order valence-electron chi connectivity index (χ4n) is 2.03. The van der Waals surface area contributed by atoms with Crippen molar-refractivity contribution in [2.75, 3.05) is 7.11 Å². The fraction of sp³-hybridized carbons (Fsp3) is 0.818. The van der Waals surface area contributed by atoms with E-state index in [1.54, 1.807) is 0 Å². The maximum absolute atomic E-state index is 11.5. The molecule has 0 unspecified atom stereocenters. The quantitative estimate of drug-likeness (QED) is 0.651. The normalized spacial score (nSPS) is 24.4. The molecular formula is C11H18O3. The topological polar surface area (TPSA) is 43.4 Å². The van der Waals surface area contributed by atoms with E-state index in [0.717, 1.165) is 19.3 Å². The number of ketones is 1. The van der Waals surface area contributed by atoms with Crippen molar-refractivity contribution in [2.45, 2.75) is 39.0 Å². The third-order valence-corrected chi connectivity index (χ3v) is 2.92. The predicted molar refractivity (Wildman–Crippen MR) is 52.8 cm³/mol. The van der Waals surface area contributed by atoms with Gasteiger partial charge in [-0.25, -0.2) is 0 Å². The van der Waals surface area contributed by atoms with Gasteiger partial charge in [0.2, 0.25) is 0 Å². The maximum atomic E-state index is 11.5. The molecule has 1 aliphatic carbocycles. The van der Waals surface area contributed by atoms with Crippen molar-refractivity contribution in [3.63, 3.8) is 0 Å². The van der Waals surface area contributed by atoms with Gasteiger partial charge >= 0.3 is 5.97 Å². The van der Waals surface area contributed by atoms with Crippen LogP contribution in [0, 0.1) is 11.8 Å². The van der Waals surface area contributed by atoms with E-state index < -0.39 is 0 Å². The Morgan fingerprint density at radius 1 is 1.57 bits per heavy atom. The Balaban J connectivity index is 2.42.